The molecule has 0 bridgehead atoms. The first-order chi connectivity index (χ1) is 7.48. The van der Waals surface area contributed by atoms with Gasteiger partial charge in [0.2, 0.25) is 0 Å². The molecule has 5 heteroatoms. The van der Waals surface area contributed by atoms with E-state index < -0.39 is 5.60 Å². The Morgan fingerprint density at radius 2 is 2.38 bits per heavy atom. The second kappa shape index (κ2) is 4.14. The first-order valence-electron chi connectivity index (χ1n) is 5.11. The number of nitrogens with zero attached hydrogens (tertiary/aromatic N) is 2. The summed E-state index contributed by atoms with van der Waals surface area (Å²) in [6, 6.07) is 3.47. The Kier molecular flexibility index (Phi) is 2.99. The number of hydrogen-bond donors (Lipinski definition) is 1. The van der Waals surface area contributed by atoms with Crippen molar-refractivity contribution < 1.29 is 9.90 Å². The summed E-state index contributed by atoms with van der Waals surface area (Å²) < 4.78 is 0.706. The van der Waals surface area contributed by atoms with Gasteiger partial charge in [0.1, 0.15) is 4.60 Å². The summed E-state index contributed by atoms with van der Waals surface area (Å²) in [5.41, 5.74) is -0.195. The summed E-state index contributed by atoms with van der Waals surface area (Å²) in [6.45, 7) is 2.74. The van der Waals surface area contributed by atoms with Gasteiger partial charge >= 0.3 is 0 Å². The Morgan fingerprint density at radius 3 is 2.88 bits per heavy atom. The lowest BCUT2D eigenvalue weighted by Crippen LogP contribution is -2.33. The molecule has 1 aliphatic heterocycles. The number of hydrogen-bond acceptors (Lipinski definition) is 3. The number of halogens is 1. The number of aromatic nitrogens is 1. The molecule has 1 aromatic rings. The van der Waals surface area contributed by atoms with Gasteiger partial charge in [-0.1, -0.05) is 0 Å². The van der Waals surface area contributed by atoms with Crippen LogP contribution in [0.1, 0.15) is 23.7 Å². The molecule has 0 spiro atoms. The lowest BCUT2D eigenvalue weighted by atomic mass is 10.1. The van der Waals surface area contributed by atoms with Gasteiger partial charge in [0.25, 0.3) is 5.91 Å². The van der Waals surface area contributed by atoms with Crippen molar-refractivity contribution in [3.63, 3.8) is 0 Å². The number of pyridine rings is 1. The number of aliphatic hydroxyl groups is 1. The summed E-state index contributed by atoms with van der Waals surface area (Å²) >= 11 is 3.22. The lowest BCUT2D eigenvalue weighted by Gasteiger charge is -2.18. The van der Waals surface area contributed by atoms with Crippen molar-refractivity contribution in [1.82, 2.24) is 9.88 Å². The molecule has 1 saturated heterocycles. The van der Waals surface area contributed by atoms with E-state index in [9.17, 15) is 9.90 Å². The smallest absolute Gasteiger partial charge is 0.255 e. The second-order valence-corrected chi connectivity index (χ2v) is 5.16. The molecule has 1 aromatic heterocycles. The zero-order valence-corrected chi connectivity index (χ0v) is 10.6. The van der Waals surface area contributed by atoms with Crippen LogP contribution in [0.15, 0.2) is 22.9 Å². The normalized spacial score (nSPS) is 24.8. The minimum absolute atomic E-state index is 0.0715. The van der Waals surface area contributed by atoms with Gasteiger partial charge in [-0.2, -0.15) is 0 Å². The van der Waals surface area contributed by atoms with Crippen molar-refractivity contribution in [3.8, 4) is 0 Å². The van der Waals surface area contributed by atoms with E-state index in [0.29, 0.717) is 29.7 Å². The molecule has 2 heterocycles. The van der Waals surface area contributed by atoms with Gasteiger partial charge < -0.3 is 10.0 Å². The van der Waals surface area contributed by atoms with Gasteiger partial charge in [0, 0.05) is 19.3 Å². The monoisotopic (exact) mass is 284 g/mol. The number of β-amino-alcohol motifs (C(OH)–C–C–N with tert-alkyl or cyclic N) is 1. The van der Waals surface area contributed by atoms with E-state index in [-0.39, 0.29) is 5.91 Å². The predicted molar refractivity (Wildman–Crippen MR) is 63.1 cm³/mol. The Morgan fingerprint density at radius 1 is 1.62 bits per heavy atom. The minimum atomic E-state index is -0.752. The Hall–Kier alpha value is -0.940. The zero-order chi connectivity index (χ0) is 11.8. The second-order valence-electron chi connectivity index (χ2n) is 4.34. The summed E-state index contributed by atoms with van der Waals surface area (Å²) in [5.74, 6) is -0.0715. The summed E-state index contributed by atoms with van der Waals surface area (Å²) in [5, 5.41) is 9.79. The number of likely N-dealkylation sites (tertiary alicyclic amines) is 1. The summed E-state index contributed by atoms with van der Waals surface area (Å²) in [6.07, 6.45) is 2.17. The molecule has 1 atom stereocenters. The van der Waals surface area contributed by atoms with Crippen LogP contribution >= 0.6 is 15.9 Å². The van der Waals surface area contributed by atoms with Crippen molar-refractivity contribution in [2.45, 2.75) is 18.9 Å². The molecule has 1 amide bonds. The fourth-order valence-corrected chi connectivity index (χ4v) is 2.04. The molecule has 16 heavy (non-hydrogen) atoms. The third-order valence-electron chi connectivity index (χ3n) is 2.71. The molecule has 1 fully saturated rings. The Labute approximate surface area is 102 Å². The van der Waals surface area contributed by atoms with E-state index >= 15 is 0 Å². The van der Waals surface area contributed by atoms with Crippen molar-refractivity contribution in [1.29, 1.82) is 0 Å². The van der Waals surface area contributed by atoms with Crippen LogP contribution in [0.4, 0.5) is 0 Å². The Balaban J connectivity index is 2.12. The molecule has 0 saturated carbocycles. The molecular formula is C11H13BrN2O2. The van der Waals surface area contributed by atoms with Crippen LogP contribution in [0.3, 0.4) is 0 Å². The number of rotatable bonds is 1. The Bertz CT molecular complexity index is 403. The minimum Gasteiger partial charge on any atom is -0.388 e. The van der Waals surface area contributed by atoms with Crippen LogP contribution in [0, 0.1) is 0 Å². The molecular weight excluding hydrogens is 272 g/mol. The molecule has 0 aliphatic carbocycles. The lowest BCUT2D eigenvalue weighted by molar-refractivity contribution is 0.0572. The van der Waals surface area contributed by atoms with Crippen molar-refractivity contribution in [2.75, 3.05) is 13.1 Å². The van der Waals surface area contributed by atoms with E-state index in [1.54, 1.807) is 30.2 Å². The van der Waals surface area contributed by atoms with Gasteiger partial charge in [0.15, 0.2) is 0 Å². The standard InChI is InChI=1S/C11H13BrN2O2/c1-11(16)4-5-14(7-11)10(15)8-2-3-9(12)13-6-8/h2-3,6,16H,4-5,7H2,1H3. The van der Waals surface area contributed by atoms with Gasteiger partial charge in [-0.15, -0.1) is 0 Å². The summed E-state index contributed by atoms with van der Waals surface area (Å²) in [4.78, 5) is 17.7. The van der Waals surface area contributed by atoms with E-state index in [1.807, 2.05) is 0 Å². The first kappa shape index (κ1) is 11.5. The topological polar surface area (TPSA) is 53.4 Å². The third kappa shape index (κ3) is 2.41. The van der Waals surface area contributed by atoms with Crippen LogP contribution in [-0.4, -0.2) is 39.6 Å². The van der Waals surface area contributed by atoms with Crippen molar-refractivity contribution >= 4 is 21.8 Å². The highest BCUT2D eigenvalue weighted by Crippen LogP contribution is 2.22. The fraction of sp³-hybridized carbons (Fsp3) is 0.455. The highest BCUT2D eigenvalue weighted by molar-refractivity contribution is 9.10. The molecule has 2 rings (SSSR count). The van der Waals surface area contributed by atoms with Crippen LogP contribution in [0.5, 0.6) is 0 Å². The first-order valence-corrected chi connectivity index (χ1v) is 5.90. The van der Waals surface area contributed by atoms with Crippen molar-refractivity contribution in [2.24, 2.45) is 0 Å². The number of carbonyl (C=O) groups is 1. The maximum atomic E-state index is 12.0. The summed E-state index contributed by atoms with van der Waals surface area (Å²) in [7, 11) is 0. The zero-order valence-electron chi connectivity index (χ0n) is 8.98. The van der Waals surface area contributed by atoms with E-state index in [4.69, 9.17) is 0 Å². The molecule has 4 nitrogen and oxygen atoms in total. The number of carbonyl (C=O) groups excluding carboxylic acids is 1. The highest BCUT2D eigenvalue weighted by Gasteiger charge is 2.34. The van der Waals surface area contributed by atoms with Crippen LogP contribution in [0.25, 0.3) is 0 Å². The van der Waals surface area contributed by atoms with Gasteiger partial charge in [-0.3, -0.25) is 4.79 Å². The fourth-order valence-electron chi connectivity index (χ4n) is 1.80. The van der Waals surface area contributed by atoms with Gasteiger partial charge in [0.05, 0.1) is 11.2 Å². The molecule has 1 unspecified atom stereocenters. The molecule has 1 aliphatic rings. The quantitative estimate of drug-likeness (QED) is 0.794. The molecule has 0 radical (unpaired) electrons. The van der Waals surface area contributed by atoms with Crippen LogP contribution in [-0.2, 0) is 0 Å². The molecule has 86 valence electrons. The van der Waals surface area contributed by atoms with Crippen molar-refractivity contribution in [3.05, 3.63) is 28.5 Å². The number of amides is 1. The van der Waals surface area contributed by atoms with Gasteiger partial charge in [-0.25, -0.2) is 4.98 Å². The van der Waals surface area contributed by atoms with Crippen LogP contribution in [0.2, 0.25) is 0 Å². The molecule has 1 N–H and O–H groups in total. The maximum Gasteiger partial charge on any atom is 0.255 e. The van der Waals surface area contributed by atoms with Gasteiger partial charge in [-0.05, 0) is 41.4 Å². The third-order valence-corrected chi connectivity index (χ3v) is 3.18. The van der Waals surface area contributed by atoms with Crippen LogP contribution < -0.4 is 0 Å². The maximum absolute atomic E-state index is 12.0. The molecule has 0 aromatic carbocycles. The highest BCUT2D eigenvalue weighted by atomic mass is 79.9. The predicted octanol–water partition coefficient (Wildman–Crippen LogP) is 1.44. The SMILES string of the molecule is CC1(O)CCN(C(=O)c2ccc(Br)nc2)C1. The average molecular weight is 285 g/mol. The largest absolute Gasteiger partial charge is 0.388 e. The van der Waals surface area contributed by atoms with E-state index in [0.717, 1.165) is 0 Å². The average Bonchev–Trinajstić information content (AvgIpc) is 2.59. The van der Waals surface area contributed by atoms with E-state index in [1.165, 1.54) is 0 Å². The van der Waals surface area contributed by atoms with E-state index in [2.05, 4.69) is 20.9 Å².